The molecule has 0 radical (unpaired) electrons. The molecule has 1 aromatic carbocycles. The first-order valence-corrected chi connectivity index (χ1v) is 10.6. The average molecular weight is 408 g/mol. The van der Waals surface area contributed by atoms with E-state index in [1.165, 1.54) is 22.2 Å². The number of thiophene rings is 1. The second kappa shape index (κ2) is 8.12. The van der Waals surface area contributed by atoms with Crippen LogP contribution >= 0.6 is 11.3 Å². The number of ether oxygens (including phenoxy) is 2. The van der Waals surface area contributed by atoms with E-state index in [0.29, 0.717) is 23.6 Å². The van der Waals surface area contributed by atoms with Crippen LogP contribution in [-0.4, -0.2) is 39.0 Å². The van der Waals surface area contributed by atoms with Gasteiger partial charge >= 0.3 is 0 Å². The first-order chi connectivity index (χ1) is 12.9. The lowest BCUT2D eigenvalue weighted by atomic mass is 10.1. The molecule has 7 nitrogen and oxygen atoms in total. The Morgan fingerprint density at radius 2 is 1.96 bits per heavy atom. The molecule has 9 heteroatoms. The van der Waals surface area contributed by atoms with Crippen molar-refractivity contribution in [2.75, 3.05) is 20.8 Å². The smallest absolute Gasteiger partial charge is 0.244 e. The molecule has 0 atom stereocenters. The SMILES string of the molecule is COc1ccc(CCNS(=O)(=O)c2cn(C)nc2-c2cccs2)cc1OC. The van der Waals surface area contributed by atoms with Crippen LogP contribution in [0.4, 0.5) is 0 Å². The van der Waals surface area contributed by atoms with E-state index < -0.39 is 10.0 Å². The molecular weight excluding hydrogens is 386 g/mol. The minimum Gasteiger partial charge on any atom is -0.493 e. The molecule has 0 amide bonds. The largest absolute Gasteiger partial charge is 0.493 e. The van der Waals surface area contributed by atoms with Gasteiger partial charge in [-0.1, -0.05) is 12.1 Å². The minimum absolute atomic E-state index is 0.180. The molecule has 2 aromatic heterocycles. The van der Waals surface area contributed by atoms with Crippen LogP contribution in [0.15, 0.2) is 46.8 Å². The Kier molecular flexibility index (Phi) is 5.83. The maximum Gasteiger partial charge on any atom is 0.244 e. The Balaban J connectivity index is 1.73. The fourth-order valence-corrected chi connectivity index (χ4v) is 4.70. The summed E-state index contributed by atoms with van der Waals surface area (Å²) in [5, 5.41) is 6.20. The molecule has 3 rings (SSSR count). The molecule has 0 saturated heterocycles. The number of rotatable bonds is 8. The lowest BCUT2D eigenvalue weighted by molar-refractivity contribution is 0.354. The highest BCUT2D eigenvalue weighted by Crippen LogP contribution is 2.30. The molecule has 2 heterocycles. The van der Waals surface area contributed by atoms with Gasteiger partial charge in [0.05, 0.1) is 19.1 Å². The molecule has 3 aromatic rings. The van der Waals surface area contributed by atoms with Crippen LogP contribution in [0.2, 0.25) is 0 Å². The maximum absolute atomic E-state index is 12.8. The van der Waals surface area contributed by atoms with Crippen LogP contribution < -0.4 is 14.2 Å². The number of aromatic nitrogens is 2. The lowest BCUT2D eigenvalue weighted by Gasteiger charge is -2.10. The summed E-state index contributed by atoms with van der Waals surface area (Å²) >= 11 is 1.45. The van der Waals surface area contributed by atoms with Crippen molar-refractivity contribution in [1.29, 1.82) is 0 Å². The van der Waals surface area contributed by atoms with E-state index in [2.05, 4.69) is 9.82 Å². The number of nitrogens with one attached hydrogen (secondary N) is 1. The van der Waals surface area contributed by atoms with Gasteiger partial charge in [-0.2, -0.15) is 5.10 Å². The summed E-state index contributed by atoms with van der Waals surface area (Å²) in [5.74, 6) is 1.25. The molecule has 1 N–H and O–H groups in total. The van der Waals surface area contributed by atoms with Gasteiger partial charge in [0, 0.05) is 19.8 Å². The molecule has 144 valence electrons. The first-order valence-electron chi connectivity index (χ1n) is 8.22. The normalized spacial score (nSPS) is 11.5. The summed E-state index contributed by atoms with van der Waals surface area (Å²) in [6.45, 7) is 0.261. The van der Waals surface area contributed by atoms with Gasteiger partial charge < -0.3 is 9.47 Å². The number of benzene rings is 1. The summed E-state index contributed by atoms with van der Waals surface area (Å²) in [4.78, 5) is 0.996. The summed E-state index contributed by atoms with van der Waals surface area (Å²) in [6.07, 6.45) is 2.04. The zero-order valence-corrected chi connectivity index (χ0v) is 16.9. The van der Waals surface area contributed by atoms with Crippen molar-refractivity contribution in [3.63, 3.8) is 0 Å². The van der Waals surface area contributed by atoms with E-state index in [9.17, 15) is 8.42 Å². The van der Waals surface area contributed by atoms with Crippen molar-refractivity contribution in [1.82, 2.24) is 14.5 Å². The molecule has 0 saturated carbocycles. The fraction of sp³-hybridized carbons (Fsp3) is 0.278. The van der Waals surface area contributed by atoms with Gasteiger partial charge in [-0.3, -0.25) is 4.68 Å². The predicted molar refractivity (Wildman–Crippen MR) is 105 cm³/mol. The zero-order valence-electron chi connectivity index (χ0n) is 15.3. The van der Waals surface area contributed by atoms with Gasteiger partial charge in [-0.25, -0.2) is 13.1 Å². The van der Waals surface area contributed by atoms with Gasteiger partial charge in [0.2, 0.25) is 10.0 Å². The Labute approximate surface area is 162 Å². The average Bonchev–Trinajstić information content (AvgIpc) is 3.31. The van der Waals surface area contributed by atoms with Gasteiger partial charge in [-0.15, -0.1) is 11.3 Å². The number of hydrogen-bond donors (Lipinski definition) is 1. The van der Waals surface area contributed by atoms with Crippen LogP contribution in [0.3, 0.4) is 0 Å². The first kappa shape index (κ1) is 19.4. The molecule has 0 fully saturated rings. The topological polar surface area (TPSA) is 82.5 Å². The van der Waals surface area contributed by atoms with Crippen molar-refractivity contribution in [2.24, 2.45) is 7.05 Å². The van der Waals surface area contributed by atoms with E-state index in [1.807, 2.05) is 29.6 Å². The van der Waals surface area contributed by atoms with E-state index in [-0.39, 0.29) is 11.4 Å². The van der Waals surface area contributed by atoms with Crippen molar-refractivity contribution in [3.05, 3.63) is 47.5 Å². The molecule has 0 aliphatic heterocycles. The molecule has 0 bridgehead atoms. The van der Waals surface area contributed by atoms with E-state index >= 15 is 0 Å². The summed E-state index contributed by atoms with van der Waals surface area (Å²) in [5.41, 5.74) is 1.41. The molecule has 0 aliphatic rings. The summed E-state index contributed by atoms with van der Waals surface area (Å²) in [7, 11) is 1.17. The highest BCUT2D eigenvalue weighted by atomic mass is 32.2. The number of sulfonamides is 1. The van der Waals surface area contributed by atoms with E-state index in [0.717, 1.165) is 10.4 Å². The van der Waals surface area contributed by atoms with Crippen molar-refractivity contribution < 1.29 is 17.9 Å². The second-order valence-corrected chi connectivity index (χ2v) is 8.51. The van der Waals surface area contributed by atoms with Crippen LogP contribution in [0.5, 0.6) is 11.5 Å². The number of nitrogens with zero attached hydrogens (tertiary/aromatic N) is 2. The van der Waals surface area contributed by atoms with Gasteiger partial charge in [-0.05, 0) is 35.6 Å². The zero-order chi connectivity index (χ0) is 19.4. The van der Waals surface area contributed by atoms with Crippen molar-refractivity contribution in [3.8, 4) is 22.1 Å². The van der Waals surface area contributed by atoms with Crippen molar-refractivity contribution in [2.45, 2.75) is 11.3 Å². The number of hydrogen-bond acceptors (Lipinski definition) is 6. The Hall–Kier alpha value is -2.36. The molecular formula is C18H21N3O4S2. The van der Waals surface area contributed by atoms with Gasteiger partial charge in [0.25, 0.3) is 0 Å². The second-order valence-electron chi connectivity index (χ2n) is 5.83. The van der Waals surface area contributed by atoms with Gasteiger partial charge in [0.1, 0.15) is 10.6 Å². The Morgan fingerprint density at radius 1 is 1.19 bits per heavy atom. The maximum atomic E-state index is 12.8. The summed E-state index contributed by atoms with van der Waals surface area (Å²) < 4.78 is 40.2. The molecule has 27 heavy (non-hydrogen) atoms. The van der Waals surface area contributed by atoms with Crippen LogP contribution in [0.25, 0.3) is 10.6 Å². The van der Waals surface area contributed by atoms with Crippen molar-refractivity contribution >= 4 is 21.4 Å². The highest BCUT2D eigenvalue weighted by molar-refractivity contribution is 7.89. The molecule has 0 spiro atoms. The third kappa shape index (κ3) is 4.32. The quantitative estimate of drug-likeness (QED) is 0.621. The fourth-order valence-electron chi connectivity index (χ4n) is 2.69. The Morgan fingerprint density at radius 3 is 2.63 bits per heavy atom. The summed E-state index contributed by atoms with van der Waals surface area (Å²) in [6, 6.07) is 9.26. The monoisotopic (exact) mass is 407 g/mol. The number of aryl methyl sites for hydroxylation is 1. The molecule has 0 unspecified atom stereocenters. The molecule has 0 aliphatic carbocycles. The lowest BCUT2D eigenvalue weighted by Crippen LogP contribution is -2.26. The third-order valence-corrected chi connectivity index (χ3v) is 6.33. The Bertz CT molecular complexity index is 1010. The predicted octanol–water partition coefficient (Wildman–Crippen LogP) is 2.69. The van der Waals surface area contributed by atoms with Gasteiger partial charge in [0.15, 0.2) is 11.5 Å². The van der Waals surface area contributed by atoms with Crippen LogP contribution in [0.1, 0.15) is 5.56 Å². The van der Waals surface area contributed by atoms with E-state index in [4.69, 9.17) is 9.47 Å². The standard InChI is InChI=1S/C18H21N3O4S2/c1-21-12-17(18(20-21)16-5-4-10-26-16)27(22,23)19-9-8-13-6-7-14(24-2)15(11-13)25-3/h4-7,10-12,19H,8-9H2,1-3H3. The van der Waals surface area contributed by atoms with E-state index in [1.54, 1.807) is 27.3 Å². The minimum atomic E-state index is -3.68. The highest BCUT2D eigenvalue weighted by Gasteiger charge is 2.23. The third-order valence-electron chi connectivity index (χ3n) is 3.99. The number of methoxy groups -OCH3 is 2. The van der Waals surface area contributed by atoms with Crippen LogP contribution in [-0.2, 0) is 23.5 Å². The van der Waals surface area contributed by atoms with Crippen LogP contribution in [0, 0.1) is 0 Å².